The van der Waals surface area contributed by atoms with Crippen molar-refractivity contribution in [3.05, 3.63) is 89.7 Å². The lowest BCUT2D eigenvalue weighted by Gasteiger charge is -2.18. The van der Waals surface area contributed by atoms with E-state index < -0.39 is 0 Å². The molecule has 0 amide bonds. The standard InChI is InChI=1S/C25H24N2/c1-25(2,3)21-13-9-18(10-14-21)11-16-24-26-22-15-12-20(17-23(22)27-24)19-7-5-4-6-8-19/h4-17H,1-3H3,(H,26,27). The fourth-order valence-corrected chi connectivity index (χ4v) is 3.19. The number of nitrogens with zero attached hydrogens (tertiary/aromatic N) is 1. The summed E-state index contributed by atoms with van der Waals surface area (Å²) in [7, 11) is 0. The van der Waals surface area contributed by atoms with Crippen molar-refractivity contribution >= 4 is 23.2 Å². The van der Waals surface area contributed by atoms with Gasteiger partial charge in [0.15, 0.2) is 0 Å². The van der Waals surface area contributed by atoms with Crippen LogP contribution in [0, 0.1) is 0 Å². The Balaban J connectivity index is 1.58. The zero-order valence-corrected chi connectivity index (χ0v) is 16.0. The minimum absolute atomic E-state index is 0.178. The SMILES string of the molecule is CC(C)(C)c1ccc(C=Cc2nc3ccc(-c4ccccc4)cc3[nH]2)cc1. The molecular weight excluding hydrogens is 328 g/mol. The van der Waals surface area contributed by atoms with E-state index >= 15 is 0 Å². The van der Waals surface area contributed by atoms with Crippen LogP contribution in [0.25, 0.3) is 34.3 Å². The van der Waals surface area contributed by atoms with Gasteiger partial charge in [0.1, 0.15) is 5.82 Å². The number of rotatable bonds is 3. The van der Waals surface area contributed by atoms with Crippen LogP contribution in [0.4, 0.5) is 0 Å². The molecule has 0 radical (unpaired) electrons. The van der Waals surface area contributed by atoms with Gasteiger partial charge in [-0.05, 0) is 45.9 Å². The molecule has 4 rings (SSSR count). The maximum absolute atomic E-state index is 4.68. The van der Waals surface area contributed by atoms with Gasteiger partial charge in [-0.25, -0.2) is 4.98 Å². The molecule has 1 N–H and O–H groups in total. The van der Waals surface area contributed by atoms with E-state index in [0.717, 1.165) is 16.9 Å². The molecule has 0 fully saturated rings. The first-order chi connectivity index (χ1) is 13.0. The first-order valence-corrected chi connectivity index (χ1v) is 9.33. The summed E-state index contributed by atoms with van der Waals surface area (Å²) in [5.74, 6) is 0.870. The van der Waals surface area contributed by atoms with Crippen molar-refractivity contribution in [1.82, 2.24) is 9.97 Å². The predicted molar refractivity (Wildman–Crippen MR) is 116 cm³/mol. The molecule has 0 unspecified atom stereocenters. The summed E-state index contributed by atoms with van der Waals surface area (Å²) in [4.78, 5) is 8.09. The van der Waals surface area contributed by atoms with Gasteiger partial charge in [-0.15, -0.1) is 0 Å². The summed E-state index contributed by atoms with van der Waals surface area (Å²) in [6.45, 7) is 6.70. The van der Waals surface area contributed by atoms with Gasteiger partial charge in [-0.3, -0.25) is 0 Å². The van der Waals surface area contributed by atoms with Crippen LogP contribution in [0.15, 0.2) is 72.8 Å². The molecule has 3 aromatic carbocycles. The van der Waals surface area contributed by atoms with Gasteiger partial charge in [0.05, 0.1) is 11.0 Å². The van der Waals surface area contributed by atoms with E-state index in [2.05, 4.69) is 104 Å². The molecule has 134 valence electrons. The van der Waals surface area contributed by atoms with Gasteiger partial charge in [-0.2, -0.15) is 0 Å². The summed E-state index contributed by atoms with van der Waals surface area (Å²) < 4.78 is 0. The second-order valence-electron chi connectivity index (χ2n) is 7.93. The smallest absolute Gasteiger partial charge is 0.131 e. The summed E-state index contributed by atoms with van der Waals surface area (Å²) in [6.07, 6.45) is 4.14. The molecule has 0 atom stereocenters. The largest absolute Gasteiger partial charge is 0.338 e. The molecule has 0 saturated heterocycles. The monoisotopic (exact) mass is 352 g/mol. The minimum Gasteiger partial charge on any atom is -0.338 e. The number of hydrogen-bond donors (Lipinski definition) is 1. The Morgan fingerprint density at radius 1 is 0.778 bits per heavy atom. The Hall–Kier alpha value is -3.13. The van der Waals surface area contributed by atoms with Gasteiger partial charge in [-0.1, -0.05) is 87.5 Å². The Morgan fingerprint density at radius 2 is 1.52 bits per heavy atom. The van der Waals surface area contributed by atoms with Crippen molar-refractivity contribution in [2.45, 2.75) is 26.2 Å². The van der Waals surface area contributed by atoms with Crippen molar-refractivity contribution in [1.29, 1.82) is 0 Å². The molecule has 1 heterocycles. The Kier molecular flexibility index (Phi) is 4.41. The van der Waals surface area contributed by atoms with Gasteiger partial charge >= 0.3 is 0 Å². The average Bonchev–Trinajstić information content (AvgIpc) is 3.09. The highest BCUT2D eigenvalue weighted by molar-refractivity contribution is 5.83. The third-order valence-electron chi connectivity index (χ3n) is 4.82. The van der Waals surface area contributed by atoms with E-state index in [1.807, 2.05) is 12.1 Å². The van der Waals surface area contributed by atoms with Crippen LogP contribution in [-0.4, -0.2) is 9.97 Å². The molecule has 0 spiro atoms. The van der Waals surface area contributed by atoms with Gasteiger partial charge in [0, 0.05) is 0 Å². The maximum atomic E-state index is 4.68. The van der Waals surface area contributed by atoms with Crippen LogP contribution in [-0.2, 0) is 5.41 Å². The van der Waals surface area contributed by atoms with Crippen molar-refractivity contribution in [2.24, 2.45) is 0 Å². The lowest BCUT2D eigenvalue weighted by Crippen LogP contribution is -2.10. The van der Waals surface area contributed by atoms with E-state index in [0.29, 0.717) is 0 Å². The van der Waals surface area contributed by atoms with Crippen LogP contribution in [0.1, 0.15) is 37.7 Å². The van der Waals surface area contributed by atoms with E-state index in [4.69, 9.17) is 0 Å². The molecule has 0 saturated carbocycles. The topological polar surface area (TPSA) is 28.7 Å². The first kappa shape index (κ1) is 17.3. The van der Waals surface area contributed by atoms with Crippen molar-refractivity contribution in [2.75, 3.05) is 0 Å². The lowest BCUT2D eigenvalue weighted by molar-refractivity contribution is 0.590. The number of benzene rings is 3. The second kappa shape index (κ2) is 6.88. The van der Waals surface area contributed by atoms with E-state index in [1.54, 1.807) is 0 Å². The summed E-state index contributed by atoms with van der Waals surface area (Å²) >= 11 is 0. The molecule has 0 aliphatic heterocycles. The number of nitrogens with one attached hydrogen (secondary N) is 1. The average molecular weight is 352 g/mol. The lowest BCUT2D eigenvalue weighted by atomic mass is 9.87. The fourth-order valence-electron chi connectivity index (χ4n) is 3.19. The van der Waals surface area contributed by atoms with E-state index in [-0.39, 0.29) is 5.41 Å². The number of H-pyrrole nitrogens is 1. The highest BCUT2D eigenvalue weighted by atomic mass is 14.9. The van der Waals surface area contributed by atoms with Crippen molar-refractivity contribution < 1.29 is 0 Å². The number of aromatic nitrogens is 2. The zero-order chi connectivity index (χ0) is 18.9. The number of aromatic amines is 1. The van der Waals surface area contributed by atoms with Crippen molar-refractivity contribution in [3.63, 3.8) is 0 Å². The van der Waals surface area contributed by atoms with Crippen LogP contribution in [0.2, 0.25) is 0 Å². The van der Waals surface area contributed by atoms with Crippen LogP contribution in [0.5, 0.6) is 0 Å². The fraction of sp³-hybridized carbons (Fsp3) is 0.160. The maximum Gasteiger partial charge on any atom is 0.131 e. The molecule has 0 aliphatic rings. The van der Waals surface area contributed by atoms with Gasteiger partial charge < -0.3 is 4.98 Å². The van der Waals surface area contributed by atoms with E-state index in [9.17, 15) is 0 Å². The van der Waals surface area contributed by atoms with Crippen LogP contribution in [0.3, 0.4) is 0 Å². The number of imidazole rings is 1. The van der Waals surface area contributed by atoms with Crippen LogP contribution < -0.4 is 0 Å². The molecule has 27 heavy (non-hydrogen) atoms. The molecule has 0 aliphatic carbocycles. The highest BCUT2D eigenvalue weighted by Crippen LogP contribution is 2.24. The summed E-state index contributed by atoms with van der Waals surface area (Å²) in [5, 5.41) is 0. The Bertz CT molecular complexity index is 1080. The van der Waals surface area contributed by atoms with E-state index in [1.165, 1.54) is 22.3 Å². The summed E-state index contributed by atoms with van der Waals surface area (Å²) in [6, 6.07) is 25.5. The Morgan fingerprint density at radius 3 is 2.22 bits per heavy atom. The normalized spacial score (nSPS) is 12.1. The summed E-state index contributed by atoms with van der Waals surface area (Å²) in [5.41, 5.74) is 7.14. The number of hydrogen-bond acceptors (Lipinski definition) is 1. The molecule has 2 heteroatoms. The minimum atomic E-state index is 0.178. The van der Waals surface area contributed by atoms with Gasteiger partial charge in [0.25, 0.3) is 0 Å². The second-order valence-corrected chi connectivity index (χ2v) is 7.93. The Labute approximate surface area is 160 Å². The van der Waals surface area contributed by atoms with Gasteiger partial charge in [0.2, 0.25) is 0 Å². The highest BCUT2D eigenvalue weighted by Gasteiger charge is 2.12. The van der Waals surface area contributed by atoms with Crippen LogP contribution >= 0.6 is 0 Å². The first-order valence-electron chi connectivity index (χ1n) is 9.33. The molecular formula is C25H24N2. The molecule has 4 aromatic rings. The molecule has 0 bridgehead atoms. The predicted octanol–water partition coefficient (Wildman–Crippen LogP) is 6.70. The third-order valence-corrected chi connectivity index (χ3v) is 4.82. The molecule has 1 aromatic heterocycles. The van der Waals surface area contributed by atoms with Crippen molar-refractivity contribution in [3.8, 4) is 11.1 Å². The third kappa shape index (κ3) is 3.85. The molecule has 2 nitrogen and oxygen atoms in total. The number of fused-ring (bicyclic) bond motifs is 1. The zero-order valence-electron chi connectivity index (χ0n) is 16.0. The quantitative estimate of drug-likeness (QED) is 0.437.